The molecule has 0 amide bonds. The normalized spacial score (nSPS) is 16.2. The fourth-order valence-electron chi connectivity index (χ4n) is 3.39. The van der Waals surface area contributed by atoms with Crippen molar-refractivity contribution in [1.29, 1.82) is 0 Å². The second-order valence-electron chi connectivity index (χ2n) is 5.89. The number of nitrogens with zero attached hydrogens (tertiary/aromatic N) is 2. The Bertz CT molecular complexity index is 694. The maximum atomic E-state index is 5.96. The Kier molecular flexibility index (Phi) is 9.33. The summed E-state index contributed by atoms with van der Waals surface area (Å²) in [5.41, 5.74) is 9.69. The molecule has 1 atom stereocenters. The van der Waals surface area contributed by atoms with Gasteiger partial charge in [-0.05, 0) is 59.7 Å². The maximum absolute atomic E-state index is 5.96. The highest BCUT2D eigenvalue weighted by molar-refractivity contribution is 14.1. The van der Waals surface area contributed by atoms with Crippen LogP contribution in [0, 0.1) is 10.5 Å². The number of nitrogens with two attached hydrogens (primary N) is 1. The van der Waals surface area contributed by atoms with E-state index in [9.17, 15) is 0 Å². The van der Waals surface area contributed by atoms with Crippen LogP contribution >= 0.6 is 33.9 Å². The quantitative estimate of drug-likeness (QED) is 0.579. The third-order valence-corrected chi connectivity index (χ3v) is 6.28. The molecule has 0 saturated heterocycles. The van der Waals surface area contributed by atoms with Crippen molar-refractivity contribution >= 4 is 39.1 Å². The standard InChI is InChI=1S/C17H22IN3OS.C2H6.CH4/c1-4-21-6-5-13-16(23-17(19)20-13)14(21)9-11-7-10(2)15(22-3)12(18)8-11;1-2;/h7-8,14H,4-6,9H2,1-3H3,(H2,19,20);1-2H3;1H4. The Balaban J connectivity index is 0.00000109. The summed E-state index contributed by atoms with van der Waals surface area (Å²) in [7, 11) is 1.73. The highest BCUT2D eigenvalue weighted by Crippen LogP contribution is 2.38. The van der Waals surface area contributed by atoms with Gasteiger partial charge in [-0.1, -0.05) is 34.3 Å². The van der Waals surface area contributed by atoms with Gasteiger partial charge in [-0.15, -0.1) is 11.3 Å². The van der Waals surface area contributed by atoms with Gasteiger partial charge in [0.05, 0.1) is 22.4 Å². The number of fused-ring (bicyclic) bond motifs is 1. The van der Waals surface area contributed by atoms with Gasteiger partial charge >= 0.3 is 0 Å². The number of halogens is 1. The zero-order chi connectivity index (χ0) is 18.6. The van der Waals surface area contributed by atoms with Crippen molar-refractivity contribution in [3.05, 3.63) is 37.4 Å². The molecule has 0 radical (unpaired) electrons. The first-order chi connectivity index (χ1) is 12.0. The van der Waals surface area contributed by atoms with Gasteiger partial charge < -0.3 is 10.5 Å². The van der Waals surface area contributed by atoms with Crippen molar-refractivity contribution in [2.24, 2.45) is 0 Å². The number of hydrogen-bond acceptors (Lipinski definition) is 5. The predicted octanol–water partition coefficient (Wildman–Crippen LogP) is 5.47. The average Bonchev–Trinajstić information content (AvgIpc) is 2.97. The van der Waals surface area contributed by atoms with E-state index in [0.717, 1.165) is 31.7 Å². The average molecular weight is 489 g/mol. The molecule has 0 fully saturated rings. The second kappa shape index (κ2) is 10.5. The molecule has 1 aliphatic heterocycles. The summed E-state index contributed by atoms with van der Waals surface area (Å²) in [5.74, 6) is 0.980. The van der Waals surface area contributed by atoms with Crippen LogP contribution in [-0.2, 0) is 12.8 Å². The fourth-order valence-corrected chi connectivity index (χ4v) is 5.46. The molecule has 26 heavy (non-hydrogen) atoms. The smallest absolute Gasteiger partial charge is 0.180 e. The zero-order valence-electron chi connectivity index (χ0n) is 15.7. The monoisotopic (exact) mass is 489 g/mol. The minimum Gasteiger partial charge on any atom is -0.495 e. The molecule has 1 aromatic heterocycles. The van der Waals surface area contributed by atoms with Crippen LogP contribution in [0.1, 0.15) is 55.9 Å². The summed E-state index contributed by atoms with van der Waals surface area (Å²) in [6, 6.07) is 4.86. The van der Waals surface area contributed by atoms with Crippen molar-refractivity contribution in [2.45, 2.75) is 54.0 Å². The van der Waals surface area contributed by atoms with E-state index in [4.69, 9.17) is 10.5 Å². The van der Waals surface area contributed by atoms with E-state index in [1.807, 2.05) is 13.8 Å². The number of ether oxygens (including phenoxy) is 1. The van der Waals surface area contributed by atoms with Gasteiger partial charge in [0.2, 0.25) is 0 Å². The van der Waals surface area contributed by atoms with Gasteiger partial charge in [-0.3, -0.25) is 4.90 Å². The lowest BCUT2D eigenvalue weighted by molar-refractivity contribution is 0.196. The molecule has 1 unspecified atom stereocenters. The van der Waals surface area contributed by atoms with Gasteiger partial charge in [0, 0.05) is 17.8 Å². The highest BCUT2D eigenvalue weighted by atomic mass is 127. The summed E-state index contributed by atoms with van der Waals surface area (Å²) in [6.45, 7) is 10.4. The third kappa shape index (κ3) is 4.89. The van der Waals surface area contributed by atoms with Crippen molar-refractivity contribution in [3.8, 4) is 5.75 Å². The minimum absolute atomic E-state index is 0. The number of hydrogen-bond donors (Lipinski definition) is 1. The van der Waals surface area contributed by atoms with Gasteiger partial charge in [-0.2, -0.15) is 0 Å². The van der Waals surface area contributed by atoms with E-state index in [1.54, 1.807) is 18.4 Å². The number of benzene rings is 1. The fraction of sp³-hybridized carbons (Fsp3) is 0.550. The van der Waals surface area contributed by atoms with Crippen LogP contribution < -0.4 is 10.5 Å². The number of anilines is 1. The van der Waals surface area contributed by atoms with Crippen LogP contribution in [0.25, 0.3) is 0 Å². The Labute approximate surface area is 176 Å². The number of aryl methyl sites for hydroxylation is 1. The molecule has 1 aliphatic rings. The van der Waals surface area contributed by atoms with Gasteiger partial charge in [0.15, 0.2) is 5.13 Å². The van der Waals surface area contributed by atoms with E-state index in [-0.39, 0.29) is 7.43 Å². The molecule has 2 heterocycles. The topological polar surface area (TPSA) is 51.4 Å². The Morgan fingerprint density at radius 1 is 1.38 bits per heavy atom. The maximum Gasteiger partial charge on any atom is 0.180 e. The number of rotatable bonds is 4. The van der Waals surface area contributed by atoms with Crippen molar-refractivity contribution in [2.75, 3.05) is 25.9 Å². The molecule has 6 heteroatoms. The van der Waals surface area contributed by atoms with Crippen LogP contribution in [-0.4, -0.2) is 30.1 Å². The number of methoxy groups -OCH3 is 1. The molecule has 146 valence electrons. The van der Waals surface area contributed by atoms with Gasteiger partial charge in [0.25, 0.3) is 0 Å². The zero-order valence-corrected chi connectivity index (χ0v) is 18.7. The summed E-state index contributed by atoms with van der Waals surface area (Å²) < 4.78 is 6.65. The van der Waals surface area contributed by atoms with Crippen molar-refractivity contribution < 1.29 is 4.74 Å². The molecule has 0 spiro atoms. The molecule has 0 saturated carbocycles. The Morgan fingerprint density at radius 2 is 2.08 bits per heavy atom. The minimum atomic E-state index is 0. The molecule has 3 rings (SSSR count). The second-order valence-corrected chi connectivity index (χ2v) is 8.11. The largest absolute Gasteiger partial charge is 0.495 e. The van der Waals surface area contributed by atoms with Crippen molar-refractivity contribution in [1.82, 2.24) is 9.88 Å². The first-order valence-electron chi connectivity index (χ1n) is 8.85. The first-order valence-corrected chi connectivity index (χ1v) is 10.7. The number of aromatic nitrogens is 1. The van der Waals surface area contributed by atoms with Crippen LogP contribution in [0.4, 0.5) is 5.13 Å². The summed E-state index contributed by atoms with van der Waals surface area (Å²) in [6.07, 6.45) is 2.00. The predicted molar refractivity (Wildman–Crippen MR) is 122 cm³/mol. The van der Waals surface area contributed by atoms with Gasteiger partial charge in [-0.25, -0.2) is 4.98 Å². The molecule has 2 aromatic rings. The van der Waals surface area contributed by atoms with E-state index in [0.29, 0.717) is 11.2 Å². The molecule has 0 bridgehead atoms. The lowest BCUT2D eigenvalue weighted by Gasteiger charge is -2.34. The van der Waals surface area contributed by atoms with Crippen molar-refractivity contribution in [3.63, 3.8) is 0 Å². The van der Waals surface area contributed by atoms with Crippen LogP contribution in [0.15, 0.2) is 12.1 Å². The molecule has 2 N–H and O–H groups in total. The first kappa shape index (κ1) is 23.2. The number of nitrogen functional groups attached to an aromatic ring is 1. The molecule has 0 aliphatic carbocycles. The van der Waals surface area contributed by atoms with Gasteiger partial charge in [0.1, 0.15) is 5.75 Å². The highest BCUT2D eigenvalue weighted by Gasteiger charge is 2.30. The Hall–Kier alpha value is -0.860. The molecular formula is C20H32IN3OS. The summed E-state index contributed by atoms with van der Waals surface area (Å²) in [4.78, 5) is 8.40. The lowest BCUT2D eigenvalue weighted by Crippen LogP contribution is -2.35. The van der Waals surface area contributed by atoms with Crippen LogP contribution in [0.3, 0.4) is 0 Å². The summed E-state index contributed by atoms with van der Waals surface area (Å²) >= 11 is 4.01. The number of thiazole rings is 1. The lowest BCUT2D eigenvalue weighted by atomic mass is 9.97. The van der Waals surface area contributed by atoms with E-state index < -0.39 is 0 Å². The molecular weight excluding hydrogens is 457 g/mol. The van der Waals surface area contributed by atoms with Crippen LogP contribution in [0.5, 0.6) is 5.75 Å². The van der Waals surface area contributed by atoms with E-state index >= 15 is 0 Å². The third-order valence-electron chi connectivity index (χ3n) is 4.45. The van der Waals surface area contributed by atoms with Crippen LogP contribution in [0.2, 0.25) is 0 Å². The van der Waals surface area contributed by atoms with E-state index in [1.165, 1.54) is 25.3 Å². The Morgan fingerprint density at radius 3 is 2.65 bits per heavy atom. The SMILES string of the molecule is C.CC.CCN1CCc2nc(N)sc2C1Cc1cc(C)c(OC)c(I)c1. The number of likely N-dealkylation sites (N-methyl/N-ethyl adjacent to an activating group) is 1. The summed E-state index contributed by atoms with van der Waals surface area (Å²) in [5, 5.41) is 0.693. The van der Waals surface area contributed by atoms with E-state index in [2.05, 4.69) is 58.5 Å². The molecule has 1 aromatic carbocycles. The molecule has 4 nitrogen and oxygen atoms in total.